The molecule has 0 amide bonds. The van der Waals surface area contributed by atoms with Crippen LogP contribution in [0.3, 0.4) is 0 Å². The molecule has 0 bridgehead atoms. The van der Waals surface area contributed by atoms with E-state index < -0.39 is 0 Å². The molecule has 0 radical (unpaired) electrons. The lowest BCUT2D eigenvalue weighted by atomic mass is 9.80. The summed E-state index contributed by atoms with van der Waals surface area (Å²) in [5.41, 5.74) is 15.2. The van der Waals surface area contributed by atoms with Crippen LogP contribution >= 0.6 is 0 Å². The number of hydrogen-bond donors (Lipinski definition) is 3. The number of nitrogens with two attached hydrogens (primary N) is 2. The third-order valence-electron chi connectivity index (χ3n) is 8.42. The summed E-state index contributed by atoms with van der Waals surface area (Å²) < 4.78 is 22.3. The Balaban J connectivity index is 0.000000229. The Morgan fingerprint density at radius 1 is 0.702 bits per heavy atom. The first kappa shape index (κ1) is 35.3. The molecular formula is C37H49N5O5. The molecule has 1 aliphatic heterocycles. The van der Waals surface area contributed by atoms with Crippen molar-refractivity contribution >= 4 is 11.6 Å². The monoisotopic (exact) mass is 643 g/mol. The van der Waals surface area contributed by atoms with Gasteiger partial charge in [0.25, 0.3) is 0 Å². The fraction of sp³-hybridized carbons (Fsp3) is 0.405. The van der Waals surface area contributed by atoms with Gasteiger partial charge in [0.1, 0.15) is 47.8 Å². The summed E-state index contributed by atoms with van der Waals surface area (Å²) in [5.74, 6) is 3.77. The second kappa shape index (κ2) is 15.8. The Kier molecular flexibility index (Phi) is 11.9. The molecule has 10 nitrogen and oxygen atoms in total. The van der Waals surface area contributed by atoms with Gasteiger partial charge in [-0.1, -0.05) is 12.1 Å². The highest BCUT2D eigenvalue weighted by atomic mass is 16.5. The van der Waals surface area contributed by atoms with Crippen LogP contribution in [0.25, 0.3) is 22.5 Å². The van der Waals surface area contributed by atoms with E-state index in [1.807, 2.05) is 48.5 Å². The van der Waals surface area contributed by atoms with Gasteiger partial charge in [0.05, 0.1) is 32.2 Å². The van der Waals surface area contributed by atoms with Gasteiger partial charge in [-0.3, -0.25) is 4.90 Å². The highest BCUT2D eigenvalue weighted by molar-refractivity contribution is 5.70. The molecule has 252 valence electrons. The summed E-state index contributed by atoms with van der Waals surface area (Å²) in [5, 5.41) is 8.74. The van der Waals surface area contributed by atoms with Crippen molar-refractivity contribution in [2.75, 3.05) is 52.1 Å². The van der Waals surface area contributed by atoms with Crippen LogP contribution < -0.4 is 30.4 Å². The van der Waals surface area contributed by atoms with Crippen LogP contribution in [0.1, 0.15) is 47.0 Å². The molecule has 0 aliphatic carbocycles. The van der Waals surface area contributed by atoms with E-state index in [2.05, 4.69) is 42.6 Å². The van der Waals surface area contributed by atoms with Gasteiger partial charge in [0.2, 0.25) is 0 Å². The van der Waals surface area contributed by atoms with E-state index in [-0.39, 0.29) is 24.3 Å². The summed E-state index contributed by atoms with van der Waals surface area (Å²) in [6.45, 7) is 11.1. The van der Waals surface area contributed by atoms with E-state index in [0.29, 0.717) is 29.7 Å². The van der Waals surface area contributed by atoms with E-state index in [4.69, 9.17) is 35.5 Å². The zero-order valence-corrected chi connectivity index (χ0v) is 28.5. The first-order valence-corrected chi connectivity index (χ1v) is 15.9. The third-order valence-corrected chi connectivity index (χ3v) is 8.42. The highest BCUT2D eigenvalue weighted by Crippen LogP contribution is 2.38. The Morgan fingerprint density at radius 2 is 1.17 bits per heavy atom. The molecule has 2 aromatic heterocycles. The zero-order chi connectivity index (χ0) is 34.0. The number of hydrogen-bond acceptors (Lipinski definition) is 10. The summed E-state index contributed by atoms with van der Waals surface area (Å²) in [6, 6.07) is 22.3. The highest BCUT2D eigenvalue weighted by Gasteiger charge is 2.40. The first-order valence-electron chi connectivity index (χ1n) is 15.9. The van der Waals surface area contributed by atoms with Crippen molar-refractivity contribution < 1.29 is 24.1 Å². The van der Waals surface area contributed by atoms with Crippen LogP contribution in [0.5, 0.6) is 23.0 Å². The first-order chi connectivity index (χ1) is 22.5. The number of anilines is 2. The van der Waals surface area contributed by atoms with Crippen molar-refractivity contribution in [2.45, 2.75) is 58.0 Å². The number of pyridine rings is 2. The lowest BCUT2D eigenvalue weighted by Gasteiger charge is -2.53. The van der Waals surface area contributed by atoms with Crippen LogP contribution in [-0.4, -0.2) is 71.6 Å². The average Bonchev–Trinajstić information content (AvgIpc) is 3.04. The van der Waals surface area contributed by atoms with Crippen LogP contribution in [-0.2, 0) is 0 Å². The number of nitrogens with zero attached hydrogens (tertiary/aromatic N) is 3. The molecule has 0 atom stereocenters. The molecular weight excluding hydrogens is 594 g/mol. The Morgan fingerprint density at radius 3 is 1.60 bits per heavy atom. The molecule has 47 heavy (non-hydrogen) atoms. The number of aromatic nitrogens is 2. The molecule has 1 saturated heterocycles. The summed E-state index contributed by atoms with van der Waals surface area (Å²) in [4.78, 5) is 11.2. The van der Waals surface area contributed by atoms with Crippen molar-refractivity contribution in [3.05, 3.63) is 72.8 Å². The fourth-order valence-electron chi connectivity index (χ4n) is 6.22. The van der Waals surface area contributed by atoms with E-state index in [1.54, 1.807) is 38.5 Å². The standard InChI is InChI=1S/C23H33N3O2.C14H16N2O3/c1-22(2)12-7-13-23(3,4)26(22)14-15-28-17-10-11-18(20(16-17)27-5)19-8-6-9-21(24)25-19;1-18-13-9-10(19-8-7-17)5-6-11(13)12-3-2-4-14(15)16-12/h6,8-11,16H,7,12-15H2,1-5H3,(H2,24,25);2-6,9,17H,7-8H2,1H3,(H2,15,16). The van der Waals surface area contributed by atoms with Gasteiger partial charge in [-0.25, -0.2) is 9.97 Å². The number of aliphatic hydroxyl groups excluding tert-OH is 1. The predicted molar refractivity (Wildman–Crippen MR) is 188 cm³/mol. The molecule has 4 aromatic rings. The summed E-state index contributed by atoms with van der Waals surface area (Å²) >= 11 is 0. The molecule has 5 rings (SSSR count). The maximum Gasteiger partial charge on any atom is 0.131 e. The predicted octanol–water partition coefficient (Wildman–Crippen LogP) is 6.47. The maximum atomic E-state index is 8.74. The van der Waals surface area contributed by atoms with E-state index in [0.717, 1.165) is 40.6 Å². The Hall–Kier alpha value is -4.54. The van der Waals surface area contributed by atoms with Crippen molar-refractivity contribution in [1.29, 1.82) is 0 Å². The number of methoxy groups -OCH3 is 2. The van der Waals surface area contributed by atoms with Gasteiger partial charge in [-0.15, -0.1) is 0 Å². The molecule has 3 heterocycles. The molecule has 1 fully saturated rings. The number of piperidine rings is 1. The normalized spacial score (nSPS) is 15.2. The number of benzene rings is 2. The number of ether oxygens (including phenoxy) is 4. The topological polar surface area (TPSA) is 138 Å². The molecule has 10 heteroatoms. The van der Waals surface area contributed by atoms with Crippen molar-refractivity contribution in [1.82, 2.24) is 14.9 Å². The van der Waals surface area contributed by atoms with Crippen LogP contribution in [0.4, 0.5) is 11.6 Å². The average molecular weight is 644 g/mol. The molecule has 0 spiro atoms. The second-order valence-electron chi connectivity index (χ2n) is 12.7. The van der Waals surface area contributed by atoms with Crippen molar-refractivity contribution in [3.63, 3.8) is 0 Å². The molecule has 0 unspecified atom stereocenters. The van der Waals surface area contributed by atoms with E-state index >= 15 is 0 Å². The fourth-order valence-corrected chi connectivity index (χ4v) is 6.22. The van der Waals surface area contributed by atoms with Gasteiger partial charge in [0, 0.05) is 40.9 Å². The van der Waals surface area contributed by atoms with Gasteiger partial charge < -0.3 is 35.5 Å². The van der Waals surface area contributed by atoms with Crippen molar-refractivity contribution in [2.24, 2.45) is 0 Å². The minimum atomic E-state index is -0.0269. The number of likely N-dealkylation sites (tertiary alicyclic amines) is 1. The molecule has 2 aromatic carbocycles. The Bertz CT molecular complexity index is 1590. The largest absolute Gasteiger partial charge is 0.496 e. The van der Waals surface area contributed by atoms with E-state index in [9.17, 15) is 0 Å². The number of rotatable bonds is 11. The van der Waals surface area contributed by atoms with Gasteiger partial charge in [-0.05, 0) is 95.5 Å². The van der Waals surface area contributed by atoms with E-state index in [1.165, 1.54) is 19.3 Å². The van der Waals surface area contributed by atoms with Crippen LogP contribution in [0.15, 0.2) is 72.8 Å². The number of aliphatic hydroxyl groups is 1. The van der Waals surface area contributed by atoms with Crippen LogP contribution in [0, 0.1) is 0 Å². The molecule has 0 saturated carbocycles. The summed E-state index contributed by atoms with van der Waals surface area (Å²) in [6.07, 6.45) is 3.74. The molecule has 5 N–H and O–H groups in total. The number of nitrogen functional groups attached to an aromatic ring is 2. The molecule has 1 aliphatic rings. The van der Waals surface area contributed by atoms with Gasteiger partial charge in [-0.2, -0.15) is 0 Å². The minimum Gasteiger partial charge on any atom is -0.496 e. The quantitative estimate of drug-likeness (QED) is 0.167. The lowest BCUT2D eigenvalue weighted by Crippen LogP contribution is -2.59. The summed E-state index contributed by atoms with van der Waals surface area (Å²) in [7, 11) is 3.24. The Labute approximate surface area is 278 Å². The van der Waals surface area contributed by atoms with Crippen molar-refractivity contribution in [3.8, 4) is 45.5 Å². The zero-order valence-electron chi connectivity index (χ0n) is 28.5. The van der Waals surface area contributed by atoms with Gasteiger partial charge in [0.15, 0.2) is 0 Å². The van der Waals surface area contributed by atoms with Gasteiger partial charge >= 0.3 is 0 Å². The smallest absolute Gasteiger partial charge is 0.131 e. The SMILES string of the molecule is COc1cc(OCCN2C(C)(C)CCCC2(C)C)ccc1-c1cccc(N)n1.COc1cc(OCCO)ccc1-c1cccc(N)n1. The maximum absolute atomic E-state index is 8.74. The van der Waals surface area contributed by atoms with Crippen LogP contribution in [0.2, 0.25) is 0 Å². The lowest BCUT2D eigenvalue weighted by molar-refractivity contribution is -0.0340. The second-order valence-corrected chi connectivity index (χ2v) is 12.7. The third kappa shape index (κ3) is 9.27. The minimum absolute atomic E-state index is 0.0269.